The maximum Gasteiger partial charge on any atom is 0.169 e. The van der Waals surface area contributed by atoms with Crippen LogP contribution in [0.1, 0.15) is 19.8 Å². The zero-order chi connectivity index (χ0) is 14.7. The van der Waals surface area contributed by atoms with Gasteiger partial charge in [0.15, 0.2) is 11.6 Å². The fourth-order valence-corrected chi connectivity index (χ4v) is 2.75. The summed E-state index contributed by atoms with van der Waals surface area (Å²) in [5, 5.41) is 3.14. The summed E-state index contributed by atoms with van der Waals surface area (Å²) in [5.41, 5.74) is 0. The summed E-state index contributed by atoms with van der Waals surface area (Å²) in [6.45, 7) is 2.66. The van der Waals surface area contributed by atoms with Crippen molar-refractivity contribution in [3.8, 4) is 5.75 Å². The predicted molar refractivity (Wildman–Crippen MR) is 76.0 cm³/mol. The Hall–Kier alpha value is -0.720. The van der Waals surface area contributed by atoms with Crippen molar-refractivity contribution in [3.05, 3.63) is 28.2 Å². The van der Waals surface area contributed by atoms with E-state index in [-0.39, 0.29) is 28.5 Å². The van der Waals surface area contributed by atoms with Gasteiger partial charge in [0.05, 0.1) is 4.47 Å². The van der Waals surface area contributed by atoms with Crippen LogP contribution in [0.4, 0.5) is 8.78 Å². The average molecular weight is 350 g/mol. The van der Waals surface area contributed by atoms with E-state index in [2.05, 4.69) is 21.2 Å². The molecule has 6 heteroatoms. The summed E-state index contributed by atoms with van der Waals surface area (Å²) in [6.07, 6.45) is 1.30. The first-order chi connectivity index (χ1) is 9.56. The maximum absolute atomic E-state index is 13.7. The summed E-state index contributed by atoms with van der Waals surface area (Å²) in [5.74, 6) is -1.31. The van der Waals surface area contributed by atoms with Crippen LogP contribution in [-0.4, -0.2) is 31.9 Å². The van der Waals surface area contributed by atoms with Crippen LogP contribution in [0, 0.1) is 11.6 Å². The maximum atomic E-state index is 13.7. The molecule has 1 aliphatic carbocycles. The summed E-state index contributed by atoms with van der Waals surface area (Å²) < 4.78 is 38.4. The number of rotatable bonds is 6. The van der Waals surface area contributed by atoms with Gasteiger partial charge in [0.25, 0.3) is 0 Å². The Kier molecular flexibility index (Phi) is 5.35. The summed E-state index contributed by atoms with van der Waals surface area (Å²) in [6, 6.07) is 2.21. The lowest BCUT2D eigenvalue weighted by Gasteiger charge is -2.43. The predicted octanol–water partition coefficient (Wildman–Crippen LogP) is 3.26. The van der Waals surface area contributed by atoms with Crippen molar-refractivity contribution < 1.29 is 18.3 Å². The summed E-state index contributed by atoms with van der Waals surface area (Å²) >= 11 is 3.12. The van der Waals surface area contributed by atoms with E-state index in [1.807, 2.05) is 14.0 Å². The summed E-state index contributed by atoms with van der Waals surface area (Å²) in [4.78, 5) is 0. The van der Waals surface area contributed by atoms with E-state index in [1.54, 1.807) is 0 Å². The smallest absolute Gasteiger partial charge is 0.169 e. The second-order valence-electron chi connectivity index (χ2n) is 4.82. The molecular formula is C14H18BrF2NO2. The lowest BCUT2D eigenvalue weighted by atomic mass is 9.85. The van der Waals surface area contributed by atoms with Crippen LogP contribution >= 0.6 is 15.9 Å². The number of benzene rings is 1. The van der Waals surface area contributed by atoms with Crippen molar-refractivity contribution in [1.82, 2.24) is 5.32 Å². The van der Waals surface area contributed by atoms with Crippen LogP contribution in [-0.2, 0) is 4.74 Å². The number of nitrogens with one attached hydrogen (secondary N) is 1. The molecule has 3 unspecified atom stereocenters. The van der Waals surface area contributed by atoms with Crippen LogP contribution in [0.5, 0.6) is 5.75 Å². The molecule has 0 bridgehead atoms. The van der Waals surface area contributed by atoms with Crippen LogP contribution < -0.4 is 10.1 Å². The van der Waals surface area contributed by atoms with Gasteiger partial charge in [0, 0.05) is 25.1 Å². The first-order valence-corrected chi connectivity index (χ1v) is 7.46. The molecule has 0 heterocycles. The van der Waals surface area contributed by atoms with E-state index in [9.17, 15) is 8.78 Å². The molecule has 112 valence electrons. The number of halogens is 3. The second-order valence-corrected chi connectivity index (χ2v) is 5.68. The minimum absolute atomic E-state index is 0.0380. The first-order valence-electron chi connectivity index (χ1n) is 6.66. The zero-order valence-corrected chi connectivity index (χ0v) is 13.0. The lowest BCUT2D eigenvalue weighted by Crippen LogP contribution is -2.60. The van der Waals surface area contributed by atoms with Crippen molar-refractivity contribution in [2.45, 2.75) is 38.0 Å². The standard InChI is InChI=1S/C14H18BrF2NO2/c1-3-4-19-14-11(18-2)7-12(14)20-13-9(15)5-8(16)6-10(13)17/h5-6,11-12,14,18H,3-4,7H2,1-2H3. The molecule has 1 aliphatic rings. The fraction of sp³-hybridized carbons (Fsp3) is 0.571. The van der Waals surface area contributed by atoms with Gasteiger partial charge >= 0.3 is 0 Å². The molecule has 1 fully saturated rings. The van der Waals surface area contributed by atoms with Gasteiger partial charge in [-0.25, -0.2) is 8.78 Å². The SMILES string of the molecule is CCCOC1C(NC)CC1Oc1c(F)cc(F)cc1Br. The molecule has 2 rings (SSSR count). The fourth-order valence-electron chi connectivity index (χ4n) is 2.25. The molecule has 0 radical (unpaired) electrons. The van der Waals surface area contributed by atoms with Gasteiger partial charge < -0.3 is 14.8 Å². The molecule has 3 nitrogen and oxygen atoms in total. The molecule has 0 spiro atoms. The van der Waals surface area contributed by atoms with E-state index in [0.29, 0.717) is 6.61 Å². The average Bonchev–Trinajstić information content (AvgIpc) is 2.36. The Balaban J connectivity index is 2.06. The van der Waals surface area contributed by atoms with E-state index < -0.39 is 11.6 Å². The molecule has 0 amide bonds. The molecule has 1 N–H and O–H groups in total. The van der Waals surface area contributed by atoms with Gasteiger partial charge in [-0.05, 0) is 35.5 Å². The van der Waals surface area contributed by atoms with E-state index in [1.165, 1.54) is 6.07 Å². The van der Waals surface area contributed by atoms with Gasteiger partial charge in [-0.1, -0.05) is 6.92 Å². The van der Waals surface area contributed by atoms with Crippen LogP contribution in [0.15, 0.2) is 16.6 Å². The lowest BCUT2D eigenvalue weighted by molar-refractivity contribution is -0.107. The second kappa shape index (κ2) is 6.83. The minimum atomic E-state index is -0.709. The highest BCUT2D eigenvalue weighted by molar-refractivity contribution is 9.10. The molecule has 20 heavy (non-hydrogen) atoms. The third kappa shape index (κ3) is 3.30. The highest BCUT2D eigenvalue weighted by atomic mass is 79.9. The van der Waals surface area contributed by atoms with Crippen molar-refractivity contribution >= 4 is 15.9 Å². The van der Waals surface area contributed by atoms with E-state index in [0.717, 1.165) is 18.9 Å². The Morgan fingerprint density at radius 1 is 1.40 bits per heavy atom. The van der Waals surface area contributed by atoms with Crippen LogP contribution in [0.25, 0.3) is 0 Å². The Bertz CT molecular complexity index is 449. The molecule has 0 aromatic heterocycles. The van der Waals surface area contributed by atoms with E-state index in [4.69, 9.17) is 9.47 Å². The molecule has 0 aliphatic heterocycles. The van der Waals surface area contributed by atoms with Gasteiger partial charge in [0.2, 0.25) is 0 Å². The van der Waals surface area contributed by atoms with Crippen molar-refractivity contribution in [2.24, 2.45) is 0 Å². The number of hydrogen-bond acceptors (Lipinski definition) is 3. The first kappa shape index (κ1) is 15.7. The highest BCUT2D eigenvalue weighted by Crippen LogP contribution is 2.35. The largest absolute Gasteiger partial charge is 0.483 e. The van der Waals surface area contributed by atoms with Crippen LogP contribution in [0.2, 0.25) is 0 Å². The van der Waals surface area contributed by atoms with Gasteiger partial charge in [-0.15, -0.1) is 0 Å². The van der Waals surface area contributed by atoms with Gasteiger partial charge in [-0.2, -0.15) is 0 Å². The normalized spacial score (nSPS) is 25.4. The monoisotopic (exact) mass is 349 g/mol. The molecule has 1 aromatic carbocycles. The quantitative estimate of drug-likeness (QED) is 0.854. The molecule has 3 atom stereocenters. The van der Waals surface area contributed by atoms with Gasteiger partial charge in [0.1, 0.15) is 18.0 Å². The van der Waals surface area contributed by atoms with Crippen molar-refractivity contribution in [2.75, 3.05) is 13.7 Å². The Morgan fingerprint density at radius 2 is 2.15 bits per heavy atom. The molecule has 0 saturated heterocycles. The zero-order valence-electron chi connectivity index (χ0n) is 11.5. The van der Waals surface area contributed by atoms with Crippen molar-refractivity contribution in [3.63, 3.8) is 0 Å². The van der Waals surface area contributed by atoms with Gasteiger partial charge in [-0.3, -0.25) is 0 Å². The van der Waals surface area contributed by atoms with E-state index >= 15 is 0 Å². The topological polar surface area (TPSA) is 30.5 Å². The van der Waals surface area contributed by atoms with Crippen molar-refractivity contribution in [1.29, 1.82) is 0 Å². The Morgan fingerprint density at radius 3 is 2.75 bits per heavy atom. The minimum Gasteiger partial charge on any atom is -0.483 e. The Labute approximate surface area is 125 Å². The number of hydrogen-bond donors (Lipinski definition) is 1. The number of likely N-dealkylation sites (N-methyl/N-ethyl adjacent to an activating group) is 1. The number of ether oxygens (including phenoxy) is 2. The van der Waals surface area contributed by atoms with Crippen LogP contribution in [0.3, 0.4) is 0 Å². The molecule has 1 aromatic rings. The summed E-state index contributed by atoms with van der Waals surface area (Å²) in [7, 11) is 1.86. The molecular weight excluding hydrogens is 332 g/mol. The molecule has 1 saturated carbocycles. The highest BCUT2D eigenvalue weighted by Gasteiger charge is 2.43. The third-order valence-corrected chi connectivity index (χ3v) is 3.96. The third-order valence-electron chi connectivity index (χ3n) is 3.37.